The number of rotatable bonds is 18. The molecular weight excluding hydrogens is 1480 g/mol. The summed E-state index contributed by atoms with van der Waals surface area (Å²) in [5, 5.41) is 18.6. The van der Waals surface area contributed by atoms with Gasteiger partial charge in [0, 0.05) is 52.8 Å². The smallest absolute Gasteiger partial charge is 0.420 e. The van der Waals surface area contributed by atoms with E-state index in [1.807, 2.05) is 97.5 Å². The number of carbonyl (C=O) groups excluding carboxylic acids is 2. The number of aromatic amines is 1. The Kier molecular flexibility index (Phi) is 33.2. The minimum atomic E-state index is -0.267. The second-order valence-corrected chi connectivity index (χ2v) is 35.9. The summed E-state index contributed by atoms with van der Waals surface area (Å²) in [6.45, 7) is 44.9. The molecule has 0 fully saturated rings. The molecule has 14 aromatic rings. The minimum Gasteiger partial charge on any atom is -0.482 e. The molecule has 116 heavy (non-hydrogen) atoms. The number of aromatic nitrogens is 7. The van der Waals surface area contributed by atoms with Crippen LogP contribution in [0.5, 0.6) is 5.75 Å². The highest BCUT2D eigenvalue weighted by Crippen LogP contribution is 2.31. The van der Waals surface area contributed by atoms with E-state index in [9.17, 15) is 19.2 Å². The maximum Gasteiger partial charge on any atom is 0.420 e. The Hall–Kier alpha value is -10.4. The molecule has 0 aliphatic carbocycles. The average molecular weight is 1610 g/mol. The van der Waals surface area contributed by atoms with Gasteiger partial charge >= 0.3 is 17.5 Å². The molecule has 0 saturated carbocycles. The number of H-pyrrole nitrogens is 1. The molecule has 616 valence electrons. The number of aryl methyl sites for hydroxylation is 2. The fourth-order valence-electron chi connectivity index (χ4n) is 14.2. The highest BCUT2D eigenvalue weighted by atomic mass is 32.1. The Labute approximate surface area is 694 Å². The lowest BCUT2D eigenvalue weighted by Gasteiger charge is -2.19. The number of carbonyl (C=O) groups is 2. The molecular formula is C97H124N10O7S2. The Morgan fingerprint density at radius 2 is 0.991 bits per heavy atom. The molecule has 4 N–H and O–H groups in total. The van der Waals surface area contributed by atoms with Crippen molar-refractivity contribution in [3.05, 3.63) is 253 Å². The lowest BCUT2D eigenvalue weighted by atomic mass is 10.00. The number of nitrogens with one attached hydrogen (secondary N) is 4. The number of pyridine rings is 1. The molecule has 3 amide bonds. The van der Waals surface area contributed by atoms with Gasteiger partial charge in [-0.2, -0.15) is 9.47 Å². The molecule has 0 bridgehead atoms. The van der Waals surface area contributed by atoms with Crippen LogP contribution >= 0.6 is 22.9 Å². The molecule has 0 saturated heterocycles. The normalized spacial score (nSPS) is 12.2. The topological polar surface area (TPSA) is 209 Å². The van der Waals surface area contributed by atoms with E-state index in [1.54, 1.807) is 27.0 Å². The van der Waals surface area contributed by atoms with Crippen LogP contribution in [0.3, 0.4) is 0 Å². The highest BCUT2D eigenvalue weighted by molar-refractivity contribution is 7.17. The van der Waals surface area contributed by atoms with Crippen molar-refractivity contribution >= 4 is 105 Å². The lowest BCUT2D eigenvalue weighted by molar-refractivity contribution is -0.118. The van der Waals surface area contributed by atoms with Gasteiger partial charge < -0.3 is 34.5 Å². The second-order valence-electron chi connectivity index (χ2n) is 34.2. The van der Waals surface area contributed by atoms with Crippen LogP contribution < -0.4 is 32.2 Å². The van der Waals surface area contributed by atoms with Crippen molar-refractivity contribution in [1.82, 2.24) is 38.4 Å². The summed E-state index contributed by atoms with van der Waals surface area (Å²) in [6.07, 6.45) is 14.3. The molecule has 19 heteroatoms. The van der Waals surface area contributed by atoms with Gasteiger partial charge in [-0.3, -0.25) is 13.9 Å². The van der Waals surface area contributed by atoms with E-state index in [1.165, 1.54) is 88.4 Å². The van der Waals surface area contributed by atoms with Crippen LogP contribution in [0.15, 0.2) is 194 Å². The summed E-state index contributed by atoms with van der Waals surface area (Å²) in [5.74, 6) is 5.54. The van der Waals surface area contributed by atoms with Gasteiger partial charge in [0.15, 0.2) is 23.4 Å². The largest absolute Gasteiger partial charge is 0.482 e. The molecule has 7 aromatic carbocycles. The number of oxazole rings is 2. The third kappa shape index (κ3) is 27.1. The SMILES string of the molecule is CC(C)Cc1ccc2[nH]ccc2c1.CC(C)Cc1ccc2c(c1)NC(=O)NC2.CC(C)Cc1ccc2c(c1)OCC(=O)N2.CC(C)Cc1ccc2ncnn2c1.CC(C)Cc1ccc2oc(=O)n(C(C)C)c2c1.CC(C)Cc1ccc2sccc2c1.CCn1c(=O)oc2ccc(CC(C)C)cc21.Cc1nsc2ccc(CC(C)C)cc12. The van der Waals surface area contributed by atoms with Gasteiger partial charge in [-0.1, -0.05) is 171 Å². The zero-order chi connectivity index (χ0) is 83.9. The van der Waals surface area contributed by atoms with Crippen LogP contribution in [0.2, 0.25) is 0 Å². The average Bonchev–Trinajstić information content (AvgIpc) is 1.63. The summed E-state index contributed by atoms with van der Waals surface area (Å²) in [4.78, 5) is 52.7. The Balaban J connectivity index is 0.000000152. The summed E-state index contributed by atoms with van der Waals surface area (Å²) in [6, 6.07) is 52.8. The zero-order valence-corrected chi connectivity index (χ0v) is 73.7. The number of anilines is 2. The van der Waals surface area contributed by atoms with Crippen molar-refractivity contribution in [2.45, 2.75) is 209 Å². The molecule has 0 atom stereocenters. The molecule has 2 aliphatic rings. The predicted molar refractivity (Wildman–Crippen MR) is 486 cm³/mol. The summed E-state index contributed by atoms with van der Waals surface area (Å²) in [5.41, 5.74) is 20.0. The summed E-state index contributed by atoms with van der Waals surface area (Å²) >= 11 is 3.41. The van der Waals surface area contributed by atoms with Gasteiger partial charge in [0.05, 0.1) is 27.1 Å². The van der Waals surface area contributed by atoms with Crippen molar-refractivity contribution in [2.24, 2.45) is 47.3 Å². The van der Waals surface area contributed by atoms with Crippen LogP contribution in [-0.2, 0) is 69.3 Å². The van der Waals surface area contributed by atoms with Crippen LogP contribution in [0.4, 0.5) is 16.2 Å². The van der Waals surface area contributed by atoms with E-state index in [4.69, 9.17) is 13.6 Å². The van der Waals surface area contributed by atoms with Gasteiger partial charge in [0.1, 0.15) is 12.1 Å². The fourth-order valence-corrected chi connectivity index (χ4v) is 15.7. The predicted octanol–water partition coefficient (Wildman–Crippen LogP) is 24.1. The molecule has 0 unspecified atom stereocenters. The standard InChI is InChI=1S/C14H19NO2.C13H17NO2.C12H16N2O.C12H15NO2.C12H15NS.C12H15N.C12H14S.C10H13N3/c1-9(2)7-11-5-6-13-12(8-11)15(10(3)4)14(16)17-13;1-4-14-11-8-10(7-9(2)3)5-6-12(11)16-13(14)15;1-8(2)5-9-3-4-10-7-13-12(15)14-11(10)6-9;1-8(2)5-9-3-4-10-11(6-9)15-7-12(14)13-10;1-8(2)6-10-4-5-12-11(7-10)9(3)13-14-12;2*1-9(2)7-10-3-4-12-11(8-10)5-6-13-12;1-8(2)5-9-3-4-10-11-7-12-13(10)6-9/h5-6,8-10H,7H2,1-4H3;5-6,8-9H,4,7H2,1-3H3;3-4,6,8H,5,7H2,1-2H3,(H2,13,14,15);3-4,6,8H,5,7H2,1-2H3,(H,13,14);4-5,7-8H,6H2,1-3H3;3-6,8-9,13H,7H2,1-2H3;3-6,8-9H,7H2,1-2H3;3-4,6-8H,5H2,1-2H3. The van der Waals surface area contributed by atoms with E-state index < -0.39 is 0 Å². The second kappa shape index (κ2) is 43.0. The number of amides is 3. The van der Waals surface area contributed by atoms with E-state index in [-0.39, 0.29) is 36.1 Å². The van der Waals surface area contributed by atoms with E-state index in [2.05, 4.69) is 262 Å². The number of thiophene rings is 1. The maximum absolute atomic E-state index is 11.7. The number of hydrogen-bond acceptors (Lipinski definition) is 12. The van der Waals surface area contributed by atoms with E-state index in [0.29, 0.717) is 53.8 Å². The quantitative estimate of drug-likeness (QED) is 0.0639. The van der Waals surface area contributed by atoms with Gasteiger partial charge in [-0.15, -0.1) is 11.3 Å². The van der Waals surface area contributed by atoms with Crippen LogP contribution in [0.25, 0.3) is 58.9 Å². The van der Waals surface area contributed by atoms with E-state index >= 15 is 0 Å². The van der Waals surface area contributed by atoms with Crippen LogP contribution in [0.1, 0.15) is 193 Å². The molecule has 2 aliphatic heterocycles. The molecule has 0 spiro atoms. The number of benzene rings is 7. The number of fused-ring (bicyclic) bond motifs is 8. The number of hydrogen-bond donors (Lipinski definition) is 4. The molecule has 16 rings (SSSR count). The summed E-state index contributed by atoms with van der Waals surface area (Å²) < 4.78 is 28.0. The van der Waals surface area contributed by atoms with Crippen molar-refractivity contribution in [1.29, 1.82) is 0 Å². The highest BCUT2D eigenvalue weighted by Gasteiger charge is 2.19. The first kappa shape index (κ1) is 89.6. The molecule has 7 aromatic heterocycles. The molecule has 9 heterocycles. The van der Waals surface area contributed by atoms with Gasteiger partial charge in [-0.25, -0.2) is 23.9 Å². The summed E-state index contributed by atoms with van der Waals surface area (Å²) in [7, 11) is 0. The van der Waals surface area contributed by atoms with Crippen molar-refractivity contribution in [3.63, 3.8) is 0 Å². The minimum absolute atomic E-state index is 0.0842. The number of nitrogens with zero attached hydrogens (tertiary/aromatic N) is 6. The zero-order valence-electron chi connectivity index (χ0n) is 72.1. The van der Waals surface area contributed by atoms with Crippen LogP contribution in [-0.4, -0.2) is 51.6 Å². The number of ether oxygens (including phenoxy) is 1. The first-order chi connectivity index (χ1) is 55.3. The van der Waals surface area contributed by atoms with Gasteiger partial charge in [0.2, 0.25) is 0 Å². The Morgan fingerprint density at radius 3 is 1.60 bits per heavy atom. The van der Waals surface area contributed by atoms with Crippen molar-refractivity contribution < 1.29 is 23.2 Å². The maximum atomic E-state index is 11.7. The fraction of sp³-hybridized carbons (Fsp3) is 0.412. The van der Waals surface area contributed by atoms with Gasteiger partial charge in [0.25, 0.3) is 5.91 Å². The van der Waals surface area contributed by atoms with Crippen molar-refractivity contribution in [2.75, 3.05) is 17.2 Å². The molecule has 17 nitrogen and oxygen atoms in total. The van der Waals surface area contributed by atoms with Gasteiger partial charge in [-0.05, 0) is 295 Å². The Bertz CT molecular complexity index is 5410. The number of urea groups is 1. The van der Waals surface area contributed by atoms with Crippen LogP contribution in [0, 0.1) is 54.3 Å². The molecule has 0 radical (unpaired) electrons. The third-order valence-electron chi connectivity index (χ3n) is 19.1. The lowest BCUT2D eigenvalue weighted by Crippen LogP contribution is -2.33. The first-order valence-corrected chi connectivity index (χ1v) is 43.1. The van der Waals surface area contributed by atoms with E-state index in [0.717, 1.165) is 101 Å². The van der Waals surface area contributed by atoms with Crippen molar-refractivity contribution in [3.8, 4) is 5.75 Å². The Morgan fingerprint density at radius 1 is 0.483 bits per heavy atom. The third-order valence-corrected chi connectivity index (χ3v) is 20.9. The first-order valence-electron chi connectivity index (χ1n) is 41.5. The monoisotopic (exact) mass is 1600 g/mol.